The van der Waals surface area contributed by atoms with Gasteiger partial charge >= 0.3 is 5.97 Å². The molecule has 4 rings (SSSR count). The van der Waals surface area contributed by atoms with E-state index in [1.165, 1.54) is 0 Å². The van der Waals surface area contributed by atoms with Crippen LogP contribution in [0.1, 0.15) is 25.7 Å². The zero-order valence-corrected chi connectivity index (χ0v) is 23.7. The lowest BCUT2D eigenvalue weighted by Crippen LogP contribution is -2.55. The Balaban J connectivity index is 1.71. The van der Waals surface area contributed by atoms with Gasteiger partial charge in [-0.3, -0.25) is 14.4 Å². The summed E-state index contributed by atoms with van der Waals surface area (Å²) in [7, 11) is 0. The third-order valence-electron chi connectivity index (χ3n) is 7.37. The number of halogens is 2. The number of carbonyl (C=O) groups is 3. The average molecular weight is 612 g/mol. The molecule has 1 spiro atoms. The maximum absolute atomic E-state index is 14.3. The van der Waals surface area contributed by atoms with Gasteiger partial charge in [0.25, 0.3) is 5.91 Å². The smallest absolute Gasteiger partial charge is 0.310 e. The van der Waals surface area contributed by atoms with Crippen LogP contribution < -0.4 is 4.90 Å². The molecular weight excluding hydrogens is 580 g/mol. The van der Waals surface area contributed by atoms with E-state index in [0.29, 0.717) is 30.0 Å². The van der Waals surface area contributed by atoms with Gasteiger partial charge in [0.05, 0.1) is 23.2 Å². The van der Waals surface area contributed by atoms with Gasteiger partial charge in [-0.2, -0.15) is 0 Å². The summed E-state index contributed by atoms with van der Waals surface area (Å²) in [4.78, 5) is 44.7. The molecule has 3 aliphatic rings. The molecule has 3 unspecified atom stereocenters. The minimum Gasteiger partial charge on any atom is -0.465 e. The fourth-order valence-electron chi connectivity index (χ4n) is 5.88. The summed E-state index contributed by atoms with van der Waals surface area (Å²) >= 11 is 11.4. The second-order valence-electron chi connectivity index (χ2n) is 9.58. The lowest BCUT2D eigenvalue weighted by atomic mass is 9.71. The van der Waals surface area contributed by atoms with Crippen molar-refractivity contribution in [2.45, 2.75) is 46.5 Å². The Hall–Kier alpha value is -1.81. The van der Waals surface area contributed by atoms with E-state index in [9.17, 15) is 19.5 Å². The number of carbonyl (C=O) groups excluding carboxylic acids is 3. The second-order valence-corrected chi connectivity index (χ2v) is 12.7. The summed E-state index contributed by atoms with van der Waals surface area (Å²) in [6.07, 6.45) is 5.74. The van der Waals surface area contributed by atoms with Crippen LogP contribution in [-0.2, 0) is 19.1 Å². The predicted molar refractivity (Wildman–Crippen MR) is 150 cm³/mol. The average Bonchev–Trinajstić information content (AvgIpc) is 3.47. The van der Waals surface area contributed by atoms with Crippen molar-refractivity contribution >= 4 is 62.8 Å². The van der Waals surface area contributed by atoms with Crippen molar-refractivity contribution in [1.82, 2.24) is 4.90 Å². The molecule has 1 aromatic rings. The van der Waals surface area contributed by atoms with Gasteiger partial charge in [-0.25, -0.2) is 0 Å². The topological polar surface area (TPSA) is 87.1 Å². The van der Waals surface area contributed by atoms with Gasteiger partial charge in [-0.15, -0.1) is 24.9 Å². The van der Waals surface area contributed by atoms with Crippen LogP contribution in [0.4, 0.5) is 5.69 Å². The van der Waals surface area contributed by atoms with Crippen molar-refractivity contribution in [2.24, 2.45) is 11.8 Å². The summed E-state index contributed by atoms with van der Waals surface area (Å²) < 4.78 is 4.83. The van der Waals surface area contributed by atoms with Crippen molar-refractivity contribution in [2.75, 3.05) is 31.2 Å². The molecule has 0 aliphatic carbocycles. The number of alkyl halides is 1. The monoisotopic (exact) mass is 610 g/mol. The highest BCUT2D eigenvalue weighted by Gasteiger charge is 2.76. The number of anilines is 1. The normalized spacial score (nSPS) is 29.8. The quantitative estimate of drug-likeness (QED) is 0.165. The summed E-state index contributed by atoms with van der Waals surface area (Å²) in [5, 5.41) is 9.92. The van der Waals surface area contributed by atoms with Crippen molar-refractivity contribution < 1.29 is 24.2 Å². The first-order chi connectivity index (χ1) is 17.8. The van der Waals surface area contributed by atoms with E-state index in [1.54, 1.807) is 58.0 Å². The molecule has 0 radical (unpaired) electrons. The van der Waals surface area contributed by atoms with Crippen LogP contribution in [0.3, 0.4) is 0 Å². The summed E-state index contributed by atoms with van der Waals surface area (Å²) in [5.41, 5.74) is 0.648. The molecule has 6 atom stereocenters. The number of likely N-dealkylation sites (tertiary alicyclic amines) is 1. The van der Waals surface area contributed by atoms with Crippen LogP contribution in [0.5, 0.6) is 0 Å². The Morgan fingerprint density at radius 2 is 2.00 bits per heavy atom. The first kappa shape index (κ1) is 28.2. The molecule has 2 amide bonds. The number of esters is 1. The van der Waals surface area contributed by atoms with Crippen molar-refractivity contribution in [1.29, 1.82) is 0 Å². The number of nitrogens with zero attached hydrogens (tertiary/aromatic N) is 2. The predicted octanol–water partition coefficient (Wildman–Crippen LogP) is 4.22. The van der Waals surface area contributed by atoms with Crippen LogP contribution in [-0.4, -0.2) is 75.0 Å². The fraction of sp³-hybridized carbons (Fsp3) is 0.519. The van der Waals surface area contributed by atoms with Gasteiger partial charge in [-0.05, 0) is 49.9 Å². The van der Waals surface area contributed by atoms with Gasteiger partial charge in [-0.1, -0.05) is 39.7 Å². The van der Waals surface area contributed by atoms with Crippen LogP contribution in [0.2, 0.25) is 5.02 Å². The third kappa shape index (κ3) is 5.12. The molecule has 7 nitrogen and oxygen atoms in total. The van der Waals surface area contributed by atoms with Crippen LogP contribution in [0, 0.1) is 11.8 Å². The molecule has 0 saturated carbocycles. The van der Waals surface area contributed by atoms with Crippen molar-refractivity contribution in [3.8, 4) is 0 Å². The Kier molecular flexibility index (Phi) is 9.09. The Labute approximate surface area is 235 Å². The van der Waals surface area contributed by atoms with Gasteiger partial charge in [0.1, 0.15) is 6.04 Å². The molecule has 3 heterocycles. The molecule has 3 saturated heterocycles. The maximum Gasteiger partial charge on any atom is 0.310 e. The van der Waals surface area contributed by atoms with Crippen molar-refractivity contribution in [3.63, 3.8) is 0 Å². The lowest BCUT2D eigenvalue weighted by Gasteiger charge is -2.37. The molecule has 0 aromatic heterocycles. The number of amides is 2. The SMILES string of the molecule is C=CCCCOC(=O)[C@H]1[C@H]2C(=O)N(CCCO)C(C(=O)N(CC=C)c3ccc(Cl)cc3)C23CC(Br)[C@@H]1S3. The molecule has 10 heteroatoms. The third-order valence-corrected chi connectivity index (χ3v) is 10.8. The van der Waals surface area contributed by atoms with E-state index in [1.807, 2.05) is 0 Å². The molecule has 3 fully saturated rings. The number of hydrogen-bond acceptors (Lipinski definition) is 6. The van der Waals surface area contributed by atoms with E-state index in [0.717, 1.165) is 6.42 Å². The highest BCUT2D eigenvalue weighted by atomic mass is 79.9. The number of rotatable bonds is 12. The second kappa shape index (κ2) is 11.9. The molecule has 1 N–H and O–H groups in total. The van der Waals surface area contributed by atoms with Crippen LogP contribution in [0.25, 0.3) is 0 Å². The van der Waals surface area contributed by atoms with E-state index < -0.39 is 22.6 Å². The zero-order valence-electron chi connectivity index (χ0n) is 20.6. The van der Waals surface area contributed by atoms with Crippen LogP contribution >= 0.6 is 39.3 Å². The Morgan fingerprint density at radius 3 is 2.65 bits per heavy atom. The number of fused-ring (bicyclic) bond motifs is 1. The first-order valence-electron chi connectivity index (χ1n) is 12.5. The highest BCUT2D eigenvalue weighted by molar-refractivity contribution is 9.09. The van der Waals surface area contributed by atoms with Gasteiger partial charge < -0.3 is 19.6 Å². The van der Waals surface area contributed by atoms with E-state index in [4.69, 9.17) is 16.3 Å². The highest BCUT2D eigenvalue weighted by Crippen LogP contribution is 2.68. The van der Waals surface area contributed by atoms with Gasteiger partial charge in [0.2, 0.25) is 5.91 Å². The zero-order chi connectivity index (χ0) is 26.7. The minimum atomic E-state index is -0.791. The summed E-state index contributed by atoms with van der Waals surface area (Å²) in [6.45, 7) is 8.15. The summed E-state index contributed by atoms with van der Waals surface area (Å²) in [6, 6.07) is 6.18. The molecule has 2 bridgehead atoms. The van der Waals surface area contributed by atoms with E-state index in [-0.39, 0.29) is 54.2 Å². The molecule has 200 valence electrons. The minimum absolute atomic E-state index is 0.0382. The fourth-order valence-corrected chi connectivity index (χ4v) is 9.60. The molecule has 37 heavy (non-hydrogen) atoms. The molecular formula is C27H32BrClN2O5S. The number of thioether (sulfide) groups is 1. The van der Waals surface area contributed by atoms with Crippen LogP contribution in [0.15, 0.2) is 49.6 Å². The standard InChI is InChI=1S/C27H32BrClN2O5S/c1-3-5-6-15-36-26(35)20-21-24(33)31(13-7-14-32)23(27(21)16-19(28)22(20)37-27)25(34)30(12-4-2)18-10-8-17(29)9-11-18/h3-4,8-11,19-23,32H,1-2,5-7,12-16H2/t19?,20-,21-,22-,23?,27?/m0/s1. The number of unbranched alkanes of at least 4 members (excludes halogenated alkanes) is 1. The maximum atomic E-state index is 14.3. The largest absolute Gasteiger partial charge is 0.465 e. The van der Waals surface area contributed by atoms with E-state index >= 15 is 0 Å². The van der Waals surface area contributed by atoms with Gasteiger partial charge in [0, 0.05) is 40.5 Å². The summed E-state index contributed by atoms with van der Waals surface area (Å²) in [5.74, 6) is -2.14. The van der Waals surface area contributed by atoms with Gasteiger partial charge in [0.15, 0.2) is 0 Å². The number of ether oxygens (including phenoxy) is 1. The Morgan fingerprint density at radius 1 is 1.27 bits per heavy atom. The molecule has 3 aliphatic heterocycles. The van der Waals surface area contributed by atoms with Crippen molar-refractivity contribution in [3.05, 3.63) is 54.6 Å². The molecule has 1 aromatic carbocycles. The Bertz CT molecular complexity index is 1060. The van der Waals surface area contributed by atoms with E-state index in [2.05, 4.69) is 29.1 Å². The number of aliphatic hydroxyl groups excluding tert-OH is 1. The first-order valence-corrected chi connectivity index (χ1v) is 14.7. The number of allylic oxidation sites excluding steroid dienone is 1. The lowest BCUT2D eigenvalue weighted by molar-refractivity contribution is -0.154. The number of aliphatic hydroxyl groups is 1. The number of hydrogen-bond donors (Lipinski definition) is 1. The number of benzene rings is 1.